The first-order chi connectivity index (χ1) is 7.70. The zero-order chi connectivity index (χ0) is 11.3. The molecule has 0 radical (unpaired) electrons. The van der Waals surface area contributed by atoms with E-state index in [1.807, 2.05) is 4.90 Å². The number of hydrogen-bond donors (Lipinski definition) is 1. The molecule has 0 aliphatic carbocycles. The fourth-order valence-electron chi connectivity index (χ4n) is 3.46. The van der Waals surface area contributed by atoms with Gasteiger partial charge in [-0.3, -0.25) is 10.1 Å². The number of ether oxygens (including phenoxy) is 1. The lowest BCUT2D eigenvalue weighted by Crippen LogP contribution is -2.47. The first-order valence-corrected chi connectivity index (χ1v) is 6.44. The minimum atomic E-state index is 0.0223. The van der Waals surface area contributed by atoms with Crippen LogP contribution in [0.15, 0.2) is 0 Å². The Morgan fingerprint density at radius 1 is 1.50 bits per heavy atom. The second kappa shape index (κ2) is 3.70. The average molecular weight is 224 g/mol. The summed E-state index contributed by atoms with van der Waals surface area (Å²) in [5.74, 6) is 0.274. The van der Waals surface area contributed by atoms with Crippen molar-refractivity contribution in [1.29, 1.82) is 0 Å². The molecular formula is C12H20N2O2. The molecule has 3 aliphatic heterocycles. The standard InChI is InChI=1S/C12H20N2O2/c1-3-9-12(15)14(7(2)13-9)10-6-8-4-5-11(10)16-8/h7-11,13H,3-6H2,1-2H3. The highest BCUT2D eigenvalue weighted by Crippen LogP contribution is 2.38. The van der Waals surface area contributed by atoms with Crippen LogP contribution in [-0.2, 0) is 9.53 Å². The van der Waals surface area contributed by atoms with Crippen LogP contribution >= 0.6 is 0 Å². The molecule has 5 unspecified atom stereocenters. The number of hydrogen-bond acceptors (Lipinski definition) is 3. The van der Waals surface area contributed by atoms with Crippen molar-refractivity contribution in [1.82, 2.24) is 10.2 Å². The van der Waals surface area contributed by atoms with Gasteiger partial charge in [-0.25, -0.2) is 0 Å². The van der Waals surface area contributed by atoms with Gasteiger partial charge in [-0.1, -0.05) is 6.92 Å². The maximum atomic E-state index is 12.2. The molecule has 3 fully saturated rings. The van der Waals surface area contributed by atoms with Gasteiger partial charge in [0.05, 0.1) is 30.5 Å². The fourth-order valence-corrected chi connectivity index (χ4v) is 3.46. The highest BCUT2D eigenvalue weighted by atomic mass is 16.5. The van der Waals surface area contributed by atoms with Crippen molar-refractivity contribution in [3.8, 4) is 0 Å². The molecule has 1 N–H and O–H groups in total. The van der Waals surface area contributed by atoms with E-state index < -0.39 is 0 Å². The van der Waals surface area contributed by atoms with Gasteiger partial charge < -0.3 is 9.64 Å². The first-order valence-electron chi connectivity index (χ1n) is 6.44. The van der Waals surface area contributed by atoms with Crippen molar-refractivity contribution in [2.45, 2.75) is 70.0 Å². The predicted molar refractivity (Wildman–Crippen MR) is 59.8 cm³/mol. The van der Waals surface area contributed by atoms with Gasteiger partial charge in [0.2, 0.25) is 5.91 Å². The molecule has 0 spiro atoms. The average Bonchev–Trinajstić information content (AvgIpc) is 2.92. The summed E-state index contributed by atoms with van der Waals surface area (Å²) < 4.78 is 5.84. The van der Waals surface area contributed by atoms with E-state index in [1.54, 1.807) is 0 Å². The van der Waals surface area contributed by atoms with Crippen LogP contribution in [-0.4, -0.2) is 41.3 Å². The molecule has 4 nitrogen and oxygen atoms in total. The number of carbonyl (C=O) groups is 1. The zero-order valence-electron chi connectivity index (χ0n) is 9.98. The lowest BCUT2D eigenvalue weighted by molar-refractivity contribution is -0.133. The van der Waals surface area contributed by atoms with Crippen LogP contribution in [0.2, 0.25) is 0 Å². The second-order valence-electron chi connectivity index (χ2n) is 5.23. The summed E-state index contributed by atoms with van der Waals surface area (Å²) in [7, 11) is 0. The van der Waals surface area contributed by atoms with Gasteiger partial charge >= 0.3 is 0 Å². The molecule has 90 valence electrons. The van der Waals surface area contributed by atoms with E-state index in [0.29, 0.717) is 18.2 Å². The first kappa shape index (κ1) is 10.5. The van der Waals surface area contributed by atoms with Gasteiger partial charge in [0, 0.05) is 0 Å². The van der Waals surface area contributed by atoms with Gasteiger partial charge in [0.25, 0.3) is 0 Å². The second-order valence-corrected chi connectivity index (χ2v) is 5.23. The largest absolute Gasteiger partial charge is 0.373 e. The Hall–Kier alpha value is -0.610. The van der Waals surface area contributed by atoms with E-state index in [0.717, 1.165) is 19.3 Å². The summed E-state index contributed by atoms with van der Waals surface area (Å²) in [6.07, 6.45) is 5.11. The number of rotatable bonds is 2. The smallest absolute Gasteiger partial charge is 0.241 e. The lowest BCUT2D eigenvalue weighted by atomic mass is 9.94. The number of fused-ring (bicyclic) bond motifs is 2. The summed E-state index contributed by atoms with van der Waals surface area (Å²) in [4.78, 5) is 14.3. The Bertz CT molecular complexity index is 307. The Kier molecular flexibility index (Phi) is 2.44. The minimum absolute atomic E-state index is 0.0223. The molecule has 5 atom stereocenters. The van der Waals surface area contributed by atoms with Gasteiger partial charge in [0.15, 0.2) is 0 Å². The lowest BCUT2D eigenvalue weighted by Gasteiger charge is -2.32. The highest BCUT2D eigenvalue weighted by Gasteiger charge is 2.49. The van der Waals surface area contributed by atoms with Gasteiger partial charge in [0.1, 0.15) is 0 Å². The Morgan fingerprint density at radius 3 is 2.81 bits per heavy atom. The van der Waals surface area contributed by atoms with E-state index in [1.165, 1.54) is 6.42 Å². The maximum Gasteiger partial charge on any atom is 0.241 e. The molecule has 0 saturated carbocycles. The number of nitrogens with zero attached hydrogens (tertiary/aromatic N) is 1. The topological polar surface area (TPSA) is 41.6 Å². The summed E-state index contributed by atoms with van der Waals surface area (Å²) in [6.45, 7) is 4.14. The van der Waals surface area contributed by atoms with Gasteiger partial charge in [-0.2, -0.15) is 0 Å². The Morgan fingerprint density at radius 2 is 2.31 bits per heavy atom. The van der Waals surface area contributed by atoms with Crippen molar-refractivity contribution in [2.75, 3.05) is 0 Å². The van der Waals surface area contributed by atoms with E-state index in [2.05, 4.69) is 19.2 Å². The van der Waals surface area contributed by atoms with Crippen LogP contribution in [0.3, 0.4) is 0 Å². The number of amides is 1. The molecule has 0 aromatic heterocycles. The van der Waals surface area contributed by atoms with E-state index in [4.69, 9.17) is 4.74 Å². The number of nitrogens with one attached hydrogen (secondary N) is 1. The van der Waals surface area contributed by atoms with Crippen molar-refractivity contribution in [3.63, 3.8) is 0 Å². The molecule has 16 heavy (non-hydrogen) atoms. The molecule has 2 bridgehead atoms. The normalized spacial score (nSPS) is 47.0. The predicted octanol–water partition coefficient (Wildman–Crippen LogP) is 0.863. The van der Waals surface area contributed by atoms with Crippen LogP contribution in [0.4, 0.5) is 0 Å². The summed E-state index contributed by atoms with van der Waals surface area (Å²) in [6, 6.07) is 0.347. The van der Waals surface area contributed by atoms with E-state index in [-0.39, 0.29) is 18.1 Å². The highest BCUT2D eigenvalue weighted by molar-refractivity contribution is 5.84. The van der Waals surface area contributed by atoms with Crippen LogP contribution in [0.1, 0.15) is 39.5 Å². The van der Waals surface area contributed by atoms with Crippen LogP contribution in [0.5, 0.6) is 0 Å². The molecule has 3 aliphatic rings. The van der Waals surface area contributed by atoms with Crippen LogP contribution in [0, 0.1) is 0 Å². The SMILES string of the molecule is CCC1NC(C)N(C2CC3CCC2O3)C1=O. The van der Waals surface area contributed by atoms with Crippen molar-refractivity contribution >= 4 is 5.91 Å². The zero-order valence-corrected chi connectivity index (χ0v) is 9.98. The molecule has 1 amide bonds. The van der Waals surface area contributed by atoms with Crippen molar-refractivity contribution in [2.24, 2.45) is 0 Å². The Balaban J connectivity index is 1.77. The minimum Gasteiger partial charge on any atom is -0.373 e. The van der Waals surface area contributed by atoms with E-state index in [9.17, 15) is 4.79 Å². The maximum absolute atomic E-state index is 12.2. The summed E-state index contributed by atoms with van der Waals surface area (Å²) >= 11 is 0. The van der Waals surface area contributed by atoms with Crippen molar-refractivity contribution in [3.05, 3.63) is 0 Å². The molecule has 3 rings (SSSR count). The molecule has 0 aromatic carbocycles. The van der Waals surface area contributed by atoms with Gasteiger partial charge in [-0.05, 0) is 32.6 Å². The van der Waals surface area contributed by atoms with Gasteiger partial charge in [-0.15, -0.1) is 0 Å². The third-order valence-electron chi connectivity index (χ3n) is 4.25. The van der Waals surface area contributed by atoms with Crippen molar-refractivity contribution < 1.29 is 9.53 Å². The third-order valence-corrected chi connectivity index (χ3v) is 4.25. The quantitative estimate of drug-likeness (QED) is 0.756. The molecule has 0 aromatic rings. The summed E-state index contributed by atoms with van der Waals surface area (Å²) in [5.41, 5.74) is 0. The summed E-state index contributed by atoms with van der Waals surface area (Å²) in [5, 5.41) is 3.36. The monoisotopic (exact) mass is 224 g/mol. The van der Waals surface area contributed by atoms with Crippen LogP contribution in [0.25, 0.3) is 0 Å². The number of carbonyl (C=O) groups excluding carboxylic acids is 1. The van der Waals surface area contributed by atoms with E-state index >= 15 is 0 Å². The Labute approximate surface area is 96.3 Å². The molecule has 3 saturated heterocycles. The third kappa shape index (κ3) is 1.39. The fraction of sp³-hybridized carbons (Fsp3) is 0.917. The molecular weight excluding hydrogens is 204 g/mol. The molecule has 3 heterocycles. The van der Waals surface area contributed by atoms with Crippen LogP contribution < -0.4 is 5.32 Å². The molecule has 4 heteroatoms.